The molecule has 0 saturated heterocycles. The Hall–Kier alpha value is -2.04. The number of rotatable bonds is 3. The number of benzene rings is 1. The first-order valence-electron chi connectivity index (χ1n) is 4.64. The summed E-state index contributed by atoms with van der Waals surface area (Å²) in [5.41, 5.74) is 0.0183. The van der Waals surface area contributed by atoms with Gasteiger partial charge in [0, 0.05) is 11.9 Å². The van der Waals surface area contributed by atoms with E-state index in [1.54, 1.807) is 6.07 Å². The Morgan fingerprint density at radius 2 is 1.94 bits per heavy atom. The van der Waals surface area contributed by atoms with E-state index in [1.165, 1.54) is 12.3 Å². The van der Waals surface area contributed by atoms with Crippen molar-refractivity contribution in [2.24, 2.45) is 0 Å². The van der Waals surface area contributed by atoms with Gasteiger partial charge in [-0.15, -0.1) is 0 Å². The van der Waals surface area contributed by atoms with Gasteiger partial charge in [0.25, 0.3) is 0 Å². The molecule has 0 bridgehead atoms. The van der Waals surface area contributed by atoms with Crippen molar-refractivity contribution >= 4 is 5.78 Å². The minimum atomic E-state index is -0.843. The van der Waals surface area contributed by atoms with E-state index >= 15 is 0 Å². The summed E-state index contributed by atoms with van der Waals surface area (Å²) in [5, 5.41) is 6.21. The number of carbonyl (C=O) groups is 1. The van der Waals surface area contributed by atoms with Gasteiger partial charge in [-0.05, 0) is 18.2 Å². The molecule has 0 atom stereocenters. The third kappa shape index (κ3) is 1.98. The zero-order chi connectivity index (χ0) is 11.5. The molecule has 1 aromatic carbocycles. The number of aromatic nitrogens is 2. The lowest BCUT2D eigenvalue weighted by molar-refractivity contribution is 0.0984. The SMILES string of the molecule is O=C(Cc1ccn[nH]1)c1c(F)cccc1F. The van der Waals surface area contributed by atoms with Crippen LogP contribution in [0.3, 0.4) is 0 Å². The van der Waals surface area contributed by atoms with E-state index in [4.69, 9.17) is 0 Å². The number of hydrogen-bond acceptors (Lipinski definition) is 2. The summed E-state index contributed by atoms with van der Waals surface area (Å²) < 4.78 is 26.5. The van der Waals surface area contributed by atoms with Crippen molar-refractivity contribution in [3.8, 4) is 0 Å². The Morgan fingerprint density at radius 1 is 1.25 bits per heavy atom. The van der Waals surface area contributed by atoms with Gasteiger partial charge in [-0.1, -0.05) is 6.07 Å². The highest BCUT2D eigenvalue weighted by atomic mass is 19.1. The molecule has 0 saturated carbocycles. The van der Waals surface area contributed by atoms with Crippen LogP contribution in [0, 0.1) is 11.6 Å². The molecule has 1 aromatic heterocycles. The smallest absolute Gasteiger partial charge is 0.174 e. The molecule has 0 amide bonds. The lowest BCUT2D eigenvalue weighted by Crippen LogP contribution is -2.09. The maximum Gasteiger partial charge on any atom is 0.174 e. The summed E-state index contributed by atoms with van der Waals surface area (Å²) in [6.45, 7) is 0. The first-order chi connectivity index (χ1) is 7.68. The van der Waals surface area contributed by atoms with Crippen molar-refractivity contribution < 1.29 is 13.6 Å². The van der Waals surface area contributed by atoms with Gasteiger partial charge in [-0.25, -0.2) is 8.78 Å². The molecule has 0 spiro atoms. The van der Waals surface area contributed by atoms with Gasteiger partial charge < -0.3 is 0 Å². The van der Waals surface area contributed by atoms with Gasteiger partial charge in [0.2, 0.25) is 0 Å². The van der Waals surface area contributed by atoms with Gasteiger partial charge in [-0.2, -0.15) is 5.10 Å². The van der Waals surface area contributed by atoms with Crippen LogP contribution in [-0.2, 0) is 6.42 Å². The summed E-state index contributed by atoms with van der Waals surface area (Å²) in [5.74, 6) is -2.30. The average molecular weight is 222 g/mol. The van der Waals surface area contributed by atoms with Gasteiger partial charge in [-0.3, -0.25) is 9.89 Å². The van der Waals surface area contributed by atoms with E-state index in [0.29, 0.717) is 5.69 Å². The quantitative estimate of drug-likeness (QED) is 0.808. The molecule has 2 rings (SSSR count). The zero-order valence-electron chi connectivity index (χ0n) is 8.21. The van der Waals surface area contributed by atoms with Crippen LogP contribution in [0.5, 0.6) is 0 Å². The van der Waals surface area contributed by atoms with E-state index in [9.17, 15) is 13.6 Å². The highest BCUT2D eigenvalue weighted by molar-refractivity contribution is 5.97. The standard InChI is InChI=1S/C11H8F2N2O/c12-8-2-1-3-9(13)11(8)10(16)6-7-4-5-14-15-7/h1-5H,6H2,(H,14,15). The van der Waals surface area contributed by atoms with Gasteiger partial charge in [0.15, 0.2) is 5.78 Å². The highest BCUT2D eigenvalue weighted by Gasteiger charge is 2.17. The van der Waals surface area contributed by atoms with Gasteiger partial charge >= 0.3 is 0 Å². The van der Waals surface area contributed by atoms with Crippen LogP contribution in [0.4, 0.5) is 8.78 Å². The van der Waals surface area contributed by atoms with Crippen LogP contribution < -0.4 is 0 Å². The second-order valence-corrected chi connectivity index (χ2v) is 3.28. The third-order valence-corrected chi connectivity index (χ3v) is 2.15. The lowest BCUT2D eigenvalue weighted by atomic mass is 10.1. The molecular weight excluding hydrogens is 214 g/mol. The summed E-state index contributed by atoms with van der Waals surface area (Å²) >= 11 is 0. The summed E-state index contributed by atoms with van der Waals surface area (Å²) in [7, 11) is 0. The largest absolute Gasteiger partial charge is 0.294 e. The number of aromatic amines is 1. The molecule has 0 radical (unpaired) electrons. The fourth-order valence-corrected chi connectivity index (χ4v) is 1.41. The maximum atomic E-state index is 13.2. The molecule has 2 aromatic rings. The van der Waals surface area contributed by atoms with Crippen LogP contribution in [-0.4, -0.2) is 16.0 Å². The van der Waals surface area contributed by atoms with Gasteiger partial charge in [0.1, 0.15) is 11.6 Å². The summed E-state index contributed by atoms with van der Waals surface area (Å²) in [6.07, 6.45) is 1.37. The predicted molar refractivity (Wildman–Crippen MR) is 53.0 cm³/mol. The van der Waals surface area contributed by atoms with Crippen LogP contribution in [0.1, 0.15) is 16.1 Å². The number of Topliss-reactive ketones (excluding diaryl/α,β-unsaturated/α-hetero) is 1. The molecule has 5 heteroatoms. The molecule has 0 aliphatic heterocycles. The van der Waals surface area contributed by atoms with Crippen LogP contribution in [0.2, 0.25) is 0 Å². The van der Waals surface area contributed by atoms with E-state index < -0.39 is 23.0 Å². The first kappa shape index (κ1) is 10.5. The Labute approximate surface area is 90.1 Å². The second-order valence-electron chi connectivity index (χ2n) is 3.28. The number of hydrogen-bond donors (Lipinski definition) is 1. The van der Waals surface area contributed by atoms with Crippen molar-refractivity contribution in [2.75, 3.05) is 0 Å². The van der Waals surface area contributed by atoms with Crippen LogP contribution in [0.15, 0.2) is 30.5 Å². The highest BCUT2D eigenvalue weighted by Crippen LogP contribution is 2.14. The average Bonchev–Trinajstić information content (AvgIpc) is 2.70. The topological polar surface area (TPSA) is 45.8 Å². The van der Waals surface area contributed by atoms with Crippen LogP contribution in [0.25, 0.3) is 0 Å². The Morgan fingerprint density at radius 3 is 2.50 bits per heavy atom. The molecule has 1 N–H and O–H groups in total. The minimum Gasteiger partial charge on any atom is -0.294 e. The fourth-order valence-electron chi connectivity index (χ4n) is 1.41. The van der Waals surface area contributed by atoms with E-state index in [-0.39, 0.29) is 6.42 Å². The van der Waals surface area contributed by atoms with E-state index in [1.807, 2.05) is 0 Å². The Kier molecular flexibility index (Phi) is 2.76. The van der Waals surface area contributed by atoms with Crippen molar-refractivity contribution in [1.29, 1.82) is 0 Å². The molecule has 0 fully saturated rings. The zero-order valence-corrected chi connectivity index (χ0v) is 8.21. The molecule has 0 unspecified atom stereocenters. The molecule has 1 heterocycles. The Bertz CT molecular complexity index is 488. The van der Waals surface area contributed by atoms with Crippen LogP contribution >= 0.6 is 0 Å². The maximum absolute atomic E-state index is 13.2. The number of H-pyrrole nitrogens is 1. The van der Waals surface area contributed by atoms with E-state index in [0.717, 1.165) is 12.1 Å². The molecular formula is C11H8F2N2O. The molecule has 82 valence electrons. The number of halogens is 2. The predicted octanol–water partition coefficient (Wildman–Crippen LogP) is 2.11. The number of nitrogens with one attached hydrogen (secondary N) is 1. The van der Waals surface area contributed by atoms with Crippen molar-refractivity contribution in [2.45, 2.75) is 6.42 Å². The minimum absolute atomic E-state index is 0.0994. The number of ketones is 1. The second kappa shape index (κ2) is 4.22. The van der Waals surface area contributed by atoms with Crippen molar-refractivity contribution in [1.82, 2.24) is 10.2 Å². The van der Waals surface area contributed by atoms with Crippen molar-refractivity contribution in [3.05, 3.63) is 53.4 Å². The molecule has 0 aliphatic rings. The normalized spacial score (nSPS) is 10.4. The van der Waals surface area contributed by atoms with Gasteiger partial charge in [0.05, 0.1) is 12.0 Å². The first-order valence-corrected chi connectivity index (χ1v) is 4.64. The summed E-state index contributed by atoms with van der Waals surface area (Å²) in [6, 6.07) is 4.92. The van der Waals surface area contributed by atoms with Crippen molar-refractivity contribution in [3.63, 3.8) is 0 Å². The molecule has 16 heavy (non-hydrogen) atoms. The monoisotopic (exact) mass is 222 g/mol. The number of carbonyl (C=O) groups excluding carboxylic acids is 1. The molecule has 0 aliphatic carbocycles. The number of nitrogens with zero attached hydrogens (tertiary/aromatic N) is 1. The molecule has 3 nitrogen and oxygen atoms in total. The third-order valence-electron chi connectivity index (χ3n) is 2.15. The summed E-state index contributed by atoms with van der Waals surface area (Å²) in [4.78, 5) is 11.6. The fraction of sp³-hybridized carbons (Fsp3) is 0.0909. The Balaban J connectivity index is 2.28. The van der Waals surface area contributed by atoms with E-state index in [2.05, 4.69) is 10.2 Å². The lowest BCUT2D eigenvalue weighted by Gasteiger charge is -2.02.